The van der Waals surface area contributed by atoms with Gasteiger partial charge in [0.15, 0.2) is 5.60 Å². The molecule has 0 bridgehead atoms. The molecule has 0 unspecified atom stereocenters. The molecule has 0 saturated carbocycles. The number of fused-ring (bicyclic) bond motifs is 1. The highest BCUT2D eigenvalue weighted by Crippen LogP contribution is 2.45. The minimum Gasteiger partial charge on any atom is -0.396 e. The van der Waals surface area contributed by atoms with Crippen LogP contribution in [-0.2, 0) is 34.7 Å². The first-order valence-corrected chi connectivity index (χ1v) is 12.6. The Bertz CT molecular complexity index is 1300. The van der Waals surface area contributed by atoms with Crippen molar-refractivity contribution in [2.24, 2.45) is 5.92 Å². The molecule has 2 amide bonds. The van der Waals surface area contributed by atoms with Crippen LogP contribution in [0.4, 0.5) is 11.4 Å². The molecule has 1 aromatic heterocycles. The highest BCUT2D eigenvalue weighted by atomic mass is 16.3. The lowest BCUT2D eigenvalue weighted by molar-refractivity contribution is -0.139. The van der Waals surface area contributed by atoms with Crippen LogP contribution in [0.1, 0.15) is 37.1 Å². The van der Waals surface area contributed by atoms with E-state index in [2.05, 4.69) is 15.6 Å². The Morgan fingerprint density at radius 1 is 1.16 bits per heavy atom. The summed E-state index contributed by atoms with van der Waals surface area (Å²) in [6.45, 7) is 4.08. The van der Waals surface area contributed by atoms with Crippen molar-refractivity contribution in [2.75, 3.05) is 16.8 Å². The third-order valence-electron chi connectivity index (χ3n) is 6.68. The van der Waals surface area contributed by atoms with Crippen LogP contribution < -0.4 is 10.2 Å². The quantitative estimate of drug-likeness (QED) is 0.285. The van der Waals surface area contributed by atoms with Crippen molar-refractivity contribution < 1.29 is 24.9 Å². The number of rotatable bonds is 11. The van der Waals surface area contributed by atoms with Crippen LogP contribution in [0.15, 0.2) is 66.9 Å². The van der Waals surface area contributed by atoms with Gasteiger partial charge in [-0.2, -0.15) is 0 Å². The first kappa shape index (κ1) is 27.2. The van der Waals surface area contributed by atoms with Crippen LogP contribution in [0.25, 0.3) is 0 Å². The molecule has 1 aliphatic heterocycles. The third kappa shape index (κ3) is 5.67. The molecule has 0 radical (unpaired) electrons. The number of aromatic nitrogens is 3. The number of aryl methyl sites for hydroxylation is 1. The number of anilines is 2. The van der Waals surface area contributed by atoms with Crippen molar-refractivity contribution in [1.29, 1.82) is 0 Å². The average molecular weight is 520 g/mol. The number of hydrogen-bond donors (Lipinski definition) is 4. The van der Waals surface area contributed by atoms with Gasteiger partial charge in [-0.15, -0.1) is 5.10 Å². The van der Waals surface area contributed by atoms with Gasteiger partial charge in [-0.25, -0.2) is 0 Å². The van der Waals surface area contributed by atoms with Gasteiger partial charge in [0.2, 0.25) is 0 Å². The first-order chi connectivity index (χ1) is 18.2. The summed E-state index contributed by atoms with van der Waals surface area (Å²) in [5.74, 6) is -1.38. The second-order valence-electron chi connectivity index (χ2n) is 9.49. The number of allylic oxidation sites excluding steroid dienone is 1. The molecule has 4 rings (SSSR count). The summed E-state index contributed by atoms with van der Waals surface area (Å²) in [5.41, 5.74) is 1.60. The fraction of sp³-hybridized carbons (Fsp3) is 0.357. The highest BCUT2D eigenvalue weighted by Gasteiger charge is 2.52. The first-order valence-electron chi connectivity index (χ1n) is 12.6. The summed E-state index contributed by atoms with van der Waals surface area (Å²) in [7, 11) is 0. The van der Waals surface area contributed by atoms with E-state index in [0.29, 0.717) is 36.3 Å². The van der Waals surface area contributed by atoms with Gasteiger partial charge in [0.25, 0.3) is 11.8 Å². The van der Waals surface area contributed by atoms with E-state index in [-0.39, 0.29) is 13.2 Å². The summed E-state index contributed by atoms with van der Waals surface area (Å²) in [4.78, 5) is 27.0. The van der Waals surface area contributed by atoms with Crippen LogP contribution in [0, 0.1) is 5.92 Å². The van der Waals surface area contributed by atoms with Crippen molar-refractivity contribution in [2.45, 2.75) is 51.5 Å². The number of aliphatic hydroxyl groups excluding tert-OH is 2. The van der Waals surface area contributed by atoms with Crippen LogP contribution in [-0.4, -0.2) is 54.8 Å². The van der Waals surface area contributed by atoms with Crippen LogP contribution in [0.5, 0.6) is 0 Å². The maximum atomic E-state index is 13.7. The number of carbonyl (C=O) groups is 2. The molecule has 0 saturated heterocycles. The zero-order chi connectivity index (χ0) is 27.3. The van der Waals surface area contributed by atoms with Crippen molar-refractivity contribution in [3.05, 3.63) is 83.7 Å². The second kappa shape index (κ2) is 11.7. The van der Waals surface area contributed by atoms with E-state index in [1.165, 1.54) is 6.92 Å². The number of carbonyl (C=O) groups excluding carboxylic acids is 2. The maximum Gasteiger partial charge on any atom is 0.264 e. The average Bonchev–Trinajstić information content (AvgIpc) is 3.44. The Kier molecular flexibility index (Phi) is 8.35. The third-order valence-corrected chi connectivity index (χ3v) is 6.68. The number of hydrogen-bond acceptors (Lipinski definition) is 7. The molecule has 10 heteroatoms. The number of para-hydroxylation sites is 1. The van der Waals surface area contributed by atoms with E-state index in [9.17, 15) is 19.8 Å². The zero-order valence-electron chi connectivity index (χ0n) is 21.5. The minimum absolute atomic E-state index is 0.0225. The fourth-order valence-corrected chi connectivity index (χ4v) is 4.50. The molecule has 4 N–H and O–H groups in total. The Labute approximate surface area is 221 Å². The van der Waals surface area contributed by atoms with Crippen LogP contribution in [0.3, 0.4) is 0 Å². The van der Waals surface area contributed by atoms with E-state index in [0.717, 1.165) is 11.3 Å². The maximum absolute atomic E-state index is 13.7. The summed E-state index contributed by atoms with van der Waals surface area (Å²) in [6, 6.07) is 14.3. The van der Waals surface area contributed by atoms with E-state index in [1.54, 1.807) is 46.1 Å². The largest absolute Gasteiger partial charge is 0.396 e. The number of nitrogens with one attached hydrogen (secondary N) is 1. The molecule has 10 nitrogen and oxygen atoms in total. The SMILES string of the molecule is C[C@H](O)C(=O)Nc1ccc(CN2C(=O)[C@@](O)([C@@H](C)/C=C/CCn3cc(CCO)nn3)c3ccccc32)cc1. The normalized spacial score (nSPS) is 18.6. The van der Waals surface area contributed by atoms with Crippen molar-refractivity contribution in [3.8, 4) is 0 Å². The van der Waals surface area contributed by atoms with Gasteiger partial charge in [0, 0.05) is 42.9 Å². The van der Waals surface area contributed by atoms with Crippen molar-refractivity contribution >= 4 is 23.2 Å². The molecule has 0 spiro atoms. The van der Waals surface area contributed by atoms with Gasteiger partial charge in [0.1, 0.15) is 6.10 Å². The van der Waals surface area contributed by atoms with Gasteiger partial charge in [-0.05, 0) is 37.1 Å². The molecule has 0 aliphatic carbocycles. The monoisotopic (exact) mass is 519 g/mol. The van der Waals surface area contributed by atoms with E-state index in [1.807, 2.05) is 37.3 Å². The minimum atomic E-state index is -1.71. The molecule has 2 heterocycles. The number of amides is 2. The standard InChI is InChI=1S/C28H33N5O5/c1-19(7-5-6-15-32-18-23(14-16-34)30-31-32)28(38)24-8-3-4-9-25(24)33(27(28)37)17-21-10-12-22(13-11-21)29-26(36)20(2)35/h3-5,7-13,18-20,34-35,38H,6,14-17H2,1-2H3,(H,29,36)/b7-5+/t19-,20-,28+/m0/s1. The molecule has 200 valence electrons. The molecule has 3 aromatic rings. The zero-order valence-corrected chi connectivity index (χ0v) is 21.5. The Morgan fingerprint density at radius 2 is 1.89 bits per heavy atom. The Balaban J connectivity index is 1.45. The number of aliphatic hydroxyl groups is 3. The fourth-order valence-electron chi connectivity index (χ4n) is 4.50. The second-order valence-corrected chi connectivity index (χ2v) is 9.49. The molecular formula is C28H33N5O5. The lowest BCUT2D eigenvalue weighted by Crippen LogP contribution is -2.44. The highest BCUT2D eigenvalue weighted by molar-refractivity contribution is 6.07. The molecule has 2 aromatic carbocycles. The number of nitrogens with zero attached hydrogens (tertiary/aromatic N) is 4. The van der Waals surface area contributed by atoms with Crippen molar-refractivity contribution in [3.63, 3.8) is 0 Å². The van der Waals surface area contributed by atoms with E-state index in [4.69, 9.17) is 5.11 Å². The lowest BCUT2D eigenvalue weighted by Gasteiger charge is -2.27. The molecule has 0 fully saturated rings. The number of benzene rings is 2. The lowest BCUT2D eigenvalue weighted by atomic mass is 9.83. The summed E-state index contributed by atoms with van der Waals surface area (Å²) in [5, 5.41) is 40.8. The van der Waals surface area contributed by atoms with Gasteiger partial charge >= 0.3 is 0 Å². The van der Waals surface area contributed by atoms with Gasteiger partial charge in [-0.1, -0.05) is 54.6 Å². The smallest absolute Gasteiger partial charge is 0.264 e. The summed E-state index contributed by atoms with van der Waals surface area (Å²) < 4.78 is 1.70. The van der Waals surface area contributed by atoms with Gasteiger partial charge in [-0.3, -0.25) is 14.3 Å². The van der Waals surface area contributed by atoms with Gasteiger partial charge < -0.3 is 25.5 Å². The molecule has 1 aliphatic rings. The van der Waals surface area contributed by atoms with Crippen molar-refractivity contribution in [1.82, 2.24) is 15.0 Å². The van der Waals surface area contributed by atoms with E-state index >= 15 is 0 Å². The summed E-state index contributed by atoms with van der Waals surface area (Å²) >= 11 is 0. The van der Waals surface area contributed by atoms with Crippen LogP contribution in [0.2, 0.25) is 0 Å². The van der Waals surface area contributed by atoms with Crippen LogP contribution >= 0.6 is 0 Å². The van der Waals surface area contributed by atoms with Gasteiger partial charge in [0.05, 0.1) is 17.9 Å². The van der Waals surface area contributed by atoms with E-state index < -0.39 is 29.4 Å². The molecule has 38 heavy (non-hydrogen) atoms. The predicted octanol–water partition coefficient (Wildman–Crippen LogP) is 2.15. The molecular weight excluding hydrogens is 486 g/mol. The Morgan fingerprint density at radius 3 is 2.61 bits per heavy atom. The Hall–Kier alpha value is -3.86. The predicted molar refractivity (Wildman–Crippen MR) is 142 cm³/mol. The summed E-state index contributed by atoms with van der Waals surface area (Å²) in [6.07, 6.45) is 5.55. The topological polar surface area (TPSA) is 141 Å². The molecule has 3 atom stereocenters.